The predicted octanol–water partition coefficient (Wildman–Crippen LogP) is 3.60. The van der Waals surface area contributed by atoms with Gasteiger partial charge in [-0.25, -0.2) is 4.68 Å². The molecule has 1 aromatic heterocycles. The second-order valence-electron chi connectivity index (χ2n) is 7.72. The molecule has 0 saturated carbocycles. The van der Waals surface area contributed by atoms with Crippen LogP contribution in [0.1, 0.15) is 29.4 Å². The molecule has 29 heavy (non-hydrogen) atoms. The number of aliphatic hydroxyl groups excluding tert-OH is 1. The number of benzene rings is 2. The van der Waals surface area contributed by atoms with Gasteiger partial charge in [-0.1, -0.05) is 18.2 Å². The maximum absolute atomic E-state index is 10.0. The Bertz CT molecular complexity index is 997. The van der Waals surface area contributed by atoms with Gasteiger partial charge in [0.05, 0.1) is 17.5 Å². The molecule has 2 heterocycles. The van der Waals surface area contributed by atoms with E-state index in [1.54, 1.807) is 0 Å². The smallest absolute Gasteiger partial charge is 0.231 e. The Morgan fingerprint density at radius 1 is 1.03 bits per heavy atom. The number of fused-ring (bicyclic) bond motifs is 1. The highest BCUT2D eigenvalue weighted by molar-refractivity contribution is 5.44. The second-order valence-corrected chi connectivity index (χ2v) is 7.72. The Labute approximate surface area is 171 Å². The van der Waals surface area contributed by atoms with E-state index in [0.29, 0.717) is 13.1 Å². The lowest BCUT2D eigenvalue weighted by Gasteiger charge is -2.24. The zero-order chi connectivity index (χ0) is 20.4. The van der Waals surface area contributed by atoms with E-state index in [1.807, 2.05) is 30.7 Å². The van der Waals surface area contributed by atoms with Crippen LogP contribution in [0.4, 0.5) is 0 Å². The van der Waals surface area contributed by atoms with E-state index in [2.05, 4.69) is 53.3 Å². The lowest BCUT2D eigenvalue weighted by atomic mass is 10.1. The van der Waals surface area contributed by atoms with Crippen molar-refractivity contribution in [3.8, 4) is 17.2 Å². The normalized spacial score (nSPS) is 13.8. The van der Waals surface area contributed by atoms with Crippen molar-refractivity contribution >= 4 is 0 Å². The third-order valence-corrected chi connectivity index (χ3v) is 4.94. The van der Waals surface area contributed by atoms with Crippen LogP contribution in [0.3, 0.4) is 0 Å². The molecule has 0 unspecified atom stereocenters. The number of rotatable bonds is 7. The lowest BCUT2D eigenvalue weighted by molar-refractivity contribution is 0.118. The average Bonchev–Trinajstić information content (AvgIpc) is 3.26. The molecule has 0 bridgehead atoms. The Balaban J connectivity index is 1.54. The molecule has 0 radical (unpaired) electrons. The summed E-state index contributed by atoms with van der Waals surface area (Å²) >= 11 is 0. The van der Waals surface area contributed by atoms with Gasteiger partial charge in [0.2, 0.25) is 6.79 Å². The highest BCUT2D eigenvalue weighted by Gasteiger charge is 2.16. The van der Waals surface area contributed by atoms with Crippen molar-refractivity contribution < 1.29 is 14.6 Å². The Morgan fingerprint density at radius 3 is 2.52 bits per heavy atom. The van der Waals surface area contributed by atoms with Crippen LogP contribution in [0.15, 0.2) is 48.5 Å². The van der Waals surface area contributed by atoms with Crippen molar-refractivity contribution in [1.82, 2.24) is 14.7 Å². The first-order chi connectivity index (χ1) is 14.0. The van der Waals surface area contributed by atoms with E-state index in [9.17, 15) is 5.11 Å². The molecule has 152 valence electrons. The standard InChI is InChI=1S/C23H27N3O3/c1-16-9-17(2)26(24-16)21-6-4-5-19(10-21)13-25(12-18(3)27)14-20-7-8-22-23(11-20)29-15-28-22/h4-11,18,27H,12-15H2,1-3H3/t18-/m0/s1. The zero-order valence-corrected chi connectivity index (χ0v) is 17.1. The molecule has 0 amide bonds. The molecule has 1 atom stereocenters. The summed E-state index contributed by atoms with van der Waals surface area (Å²) in [6.07, 6.45) is -0.414. The summed E-state index contributed by atoms with van der Waals surface area (Å²) in [4.78, 5) is 2.24. The van der Waals surface area contributed by atoms with Gasteiger partial charge in [0.25, 0.3) is 0 Å². The summed E-state index contributed by atoms with van der Waals surface area (Å²) in [5.74, 6) is 1.57. The number of nitrogens with zero attached hydrogens (tertiary/aromatic N) is 3. The van der Waals surface area contributed by atoms with Crippen LogP contribution >= 0.6 is 0 Å². The Morgan fingerprint density at radius 2 is 1.79 bits per heavy atom. The third kappa shape index (κ3) is 4.60. The summed E-state index contributed by atoms with van der Waals surface area (Å²) in [6.45, 7) is 8.18. The van der Waals surface area contributed by atoms with E-state index < -0.39 is 6.10 Å². The minimum Gasteiger partial charge on any atom is -0.454 e. The molecule has 6 heteroatoms. The Kier molecular flexibility index (Phi) is 5.56. The van der Waals surface area contributed by atoms with Crippen molar-refractivity contribution in [2.24, 2.45) is 0 Å². The summed E-state index contributed by atoms with van der Waals surface area (Å²) in [7, 11) is 0. The fraction of sp³-hybridized carbons (Fsp3) is 0.348. The number of aliphatic hydroxyl groups is 1. The van der Waals surface area contributed by atoms with Crippen LogP contribution in [-0.4, -0.2) is 39.2 Å². The highest BCUT2D eigenvalue weighted by atomic mass is 16.7. The maximum atomic E-state index is 10.0. The van der Waals surface area contributed by atoms with Crippen molar-refractivity contribution in [1.29, 1.82) is 0 Å². The van der Waals surface area contributed by atoms with Gasteiger partial charge in [0.1, 0.15) is 0 Å². The van der Waals surface area contributed by atoms with Gasteiger partial charge >= 0.3 is 0 Å². The molecular formula is C23H27N3O3. The molecule has 1 N–H and O–H groups in total. The van der Waals surface area contributed by atoms with Gasteiger partial charge in [-0.2, -0.15) is 5.10 Å². The molecule has 4 rings (SSSR count). The van der Waals surface area contributed by atoms with Crippen LogP contribution in [0, 0.1) is 13.8 Å². The van der Waals surface area contributed by atoms with E-state index in [0.717, 1.165) is 40.7 Å². The molecule has 3 aromatic rings. The van der Waals surface area contributed by atoms with Gasteiger partial charge in [-0.3, -0.25) is 4.90 Å². The molecule has 1 aliphatic heterocycles. The van der Waals surface area contributed by atoms with Gasteiger partial charge in [0.15, 0.2) is 11.5 Å². The quantitative estimate of drug-likeness (QED) is 0.665. The molecule has 0 saturated heterocycles. The van der Waals surface area contributed by atoms with Crippen LogP contribution in [0.2, 0.25) is 0 Å². The first-order valence-corrected chi connectivity index (χ1v) is 9.89. The monoisotopic (exact) mass is 393 g/mol. The average molecular weight is 393 g/mol. The van der Waals surface area contributed by atoms with Crippen LogP contribution in [-0.2, 0) is 13.1 Å². The summed E-state index contributed by atoms with van der Waals surface area (Å²) < 4.78 is 12.9. The SMILES string of the molecule is Cc1cc(C)n(-c2cccc(CN(Cc3ccc4c(c3)OCO4)C[C@H](C)O)c2)n1. The van der Waals surface area contributed by atoms with Crippen LogP contribution in [0.5, 0.6) is 11.5 Å². The number of ether oxygens (including phenoxy) is 2. The molecular weight excluding hydrogens is 366 g/mol. The fourth-order valence-corrected chi connectivity index (χ4v) is 3.79. The van der Waals surface area contributed by atoms with E-state index in [1.165, 1.54) is 5.56 Å². The first kappa shape index (κ1) is 19.5. The Hall–Kier alpha value is -2.83. The molecule has 1 aliphatic rings. The third-order valence-electron chi connectivity index (χ3n) is 4.94. The zero-order valence-electron chi connectivity index (χ0n) is 17.1. The first-order valence-electron chi connectivity index (χ1n) is 9.89. The van der Waals surface area contributed by atoms with Crippen molar-refractivity contribution in [2.45, 2.75) is 40.0 Å². The molecule has 0 spiro atoms. The van der Waals surface area contributed by atoms with E-state index in [-0.39, 0.29) is 6.79 Å². The van der Waals surface area contributed by atoms with Gasteiger partial charge in [0, 0.05) is 25.3 Å². The maximum Gasteiger partial charge on any atom is 0.231 e. The van der Waals surface area contributed by atoms with Crippen molar-refractivity contribution in [2.75, 3.05) is 13.3 Å². The minimum absolute atomic E-state index is 0.273. The number of hydrogen-bond donors (Lipinski definition) is 1. The topological polar surface area (TPSA) is 59.8 Å². The highest BCUT2D eigenvalue weighted by Crippen LogP contribution is 2.33. The van der Waals surface area contributed by atoms with Gasteiger partial charge in [-0.05, 0) is 62.2 Å². The summed E-state index contributed by atoms with van der Waals surface area (Å²) in [6, 6.07) is 16.5. The fourth-order valence-electron chi connectivity index (χ4n) is 3.79. The molecule has 2 aromatic carbocycles. The number of hydrogen-bond acceptors (Lipinski definition) is 5. The predicted molar refractivity (Wildman–Crippen MR) is 111 cm³/mol. The minimum atomic E-state index is -0.414. The van der Waals surface area contributed by atoms with Crippen LogP contribution < -0.4 is 9.47 Å². The van der Waals surface area contributed by atoms with E-state index in [4.69, 9.17) is 9.47 Å². The molecule has 6 nitrogen and oxygen atoms in total. The van der Waals surface area contributed by atoms with Crippen molar-refractivity contribution in [3.05, 3.63) is 71.0 Å². The van der Waals surface area contributed by atoms with E-state index >= 15 is 0 Å². The number of aromatic nitrogens is 2. The van der Waals surface area contributed by atoms with Crippen LogP contribution in [0.25, 0.3) is 5.69 Å². The van der Waals surface area contributed by atoms with Crippen molar-refractivity contribution in [3.63, 3.8) is 0 Å². The molecule has 0 fully saturated rings. The second kappa shape index (κ2) is 8.27. The summed E-state index contributed by atoms with van der Waals surface area (Å²) in [5, 5.41) is 14.6. The molecule has 0 aliphatic carbocycles. The van der Waals surface area contributed by atoms with Gasteiger partial charge < -0.3 is 14.6 Å². The van der Waals surface area contributed by atoms with Gasteiger partial charge in [-0.15, -0.1) is 0 Å². The summed E-state index contributed by atoms with van der Waals surface area (Å²) in [5.41, 5.74) is 5.47. The largest absolute Gasteiger partial charge is 0.454 e. The number of aryl methyl sites for hydroxylation is 2. The lowest BCUT2D eigenvalue weighted by Crippen LogP contribution is -2.30.